The van der Waals surface area contributed by atoms with E-state index in [0.29, 0.717) is 37.2 Å². The van der Waals surface area contributed by atoms with Gasteiger partial charge in [0.05, 0.1) is 3.23 Å². The van der Waals surface area contributed by atoms with Crippen molar-refractivity contribution in [1.29, 1.82) is 0 Å². The van der Waals surface area contributed by atoms with E-state index in [0.717, 1.165) is 25.7 Å². The zero-order valence-electron chi connectivity index (χ0n) is 18.2. The predicted octanol–water partition coefficient (Wildman–Crippen LogP) is 6.61. The molecule has 0 aromatic heterocycles. The standard InChI is InChI=1S/C27H24Br2O4/c28-27(29)23-9-11-25(30)32-17-5-1-15-3-7-19(21(15)13-17)20-8-4-16-2-6-18(14-22(16)20)33-26(31)12-10-24(23)27/h1-2,5-6,13-14,23-24H,3-4,7-12H2/b20-19-/t23-,24+. The molecule has 0 saturated heterocycles. The van der Waals surface area contributed by atoms with Gasteiger partial charge in [-0.3, -0.25) is 9.59 Å². The molecular weight excluding hydrogens is 548 g/mol. The maximum Gasteiger partial charge on any atom is 0.311 e. The molecule has 6 rings (SSSR count). The maximum atomic E-state index is 12.6. The highest BCUT2D eigenvalue weighted by Gasteiger charge is 2.60. The number of carbonyl (C=O) groups excluding carboxylic acids is 2. The van der Waals surface area contributed by atoms with Crippen LogP contribution in [0.1, 0.15) is 60.8 Å². The summed E-state index contributed by atoms with van der Waals surface area (Å²) >= 11 is 7.46. The first-order chi connectivity index (χ1) is 15.9. The Hall–Kier alpha value is -1.92. The second-order valence-electron chi connectivity index (χ2n) is 9.51. The van der Waals surface area contributed by atoms with Crippen molar-refractivity contribution in [2.24, 2.45) is 11.8 Å². The third kappa shape index (κ3) is 3.89. The Labute approximate surface area is 210 Å². The molecule has 33 heavy (non-hydrogen) atoms. The number of ether oxygens (including phenoxy) is 2. The van der Waals surface area contributed by atoms with Crippen molar-refractivity contribution >= 4 is 54.9 Å². The maximum absolute atomic E-state index is 12.6. The Bertz CT molecular complexity index is 1120. The molecule has 1 fully saturated rings. The van der Waals surface area contributed by atoms with Crippen LogP contribution in [0.25, 0.3) is 11.1 Å². The fraction of sp³-hybridized carbons (Fsp3) is 0.407. The van der Waals surface area contributed by atoms with Crippen molar-refractivity contribution < 1.29 is 19.1 Å². The lowest BCUT2D eigenvalue weighted by molar-refractivity contribution is -0.135. The van der Waals surface area contributed by atoms with Crippen molar-refractivity contribution in [3.63, 3.8) is 0 Å². The van der Waals surface area contributed by atoms with E-state index < -0.39 is 0 Å². The Morgan fingerprint density at radius 2 is 1.12 bits per heavy atom. The Morgan fingerprint density at radius 1 is 0.667 bits per heavy atom. The quantitative estimate of drug-likeness (QED) is 0.203. The van der Waals surface area contributed by atoms with Crippen molar-refractivity contribution in [2.75, 3.05) is 0 Å². The van der Waals surface area contributed by atoms with Gasteiger partial charge < -0.3 is 9.47 Å². The molecule has 4 aliphatic rings. The van der Waals surface area contributed by atoms with Gasteiger partial charge in [-0.1, -0.05) is 44.0 Å². The molecule has 0 unspecified atom stereocenters. The first-order valence-electron chi connectivity index (χ1n) is 11.7. The number of alkyl halides is 2. The summed E-state index contributed by atoms with van der Waals surface area (Å²) in [7, 11) is 0. The number of halogens is 2. The number of hydrogen-bond donors (Lipinski definition) is 0. The second kappa shape index (κ2) is 8.09. The summed E-state index contributed by atoms with van der Waals surface area (Å²) in [6, 6.07) is 12.1. The van der Waals surface area contributed by atoms with Crippen LogP contribution in [0.4, 0.5) is 0 Å². The number of fused-ring (bicyclic) bond motifs is 3. The van der Waals surface area contributed by atoms with E-state index in [4.69, 9.17) is 9.47 Å². The molecule has 0 N–H and O–H groups in total. The largest absolute Gasteiger partial charge is 0.427 e. The molecule has 3 aliphatic carbocycles. The summed E-state index contributed by atoms with van der Waals surface area (Å²) in [5, 5.41) is 0. The van der Waals surface area contributed by atoms with Gasteiger partial charge in [0.1, 0.15) is 11.5 Å². The Balaban J connectivity index is 1.39. The minimum atomic E-state index is -0.224. The molecule has 170 valence electrons. The van der Waals surface area contributed by atoms with Crippen LogP contribution in [0.5, 0.6) is 11.5 Å². The third-order valence-electron chi connectivity index (χ3n) is 7.61. The van der Waals surface area contributed by atoms with E-state index in [9.17, 15) is 9.59 Å². The fourth-order valence-electron chi connectivity index (χ4n) is 5.81. The highest BCUT2D eigenvalue weighted by Crippen LogP contribution is 2.65. The third-order valence-corrected chi connectivity index (χ3v) is 9.97. The second-order valence-corrected chi connectivity index (χ2v) is 13.2. The van der Waals surface area contributed by atoms with Crippen LogP contribution >= 0.6 is 31.9 Å². The van der Waals surface area contributed by atoms with E-state index in [2.05, 4.69) is 44.0 Å². The lowest BCUT2D eigenvalue weighted by Crippen LogP contribution is -2.09. The van der Waals surface area contributed by atoms with Gasteiger partial charge in [0, 0.05) is 12.8 Å². The Morgan fingerprint density at radius 3 is 1.58 bits per heavy atom. The fourth-order valence-corrected chi connectivity index (χ4v) is 7.74. The lowest BCUT2D eigenvalue weighted by atomic mass is 9.96. The van der Waals surface area contributed by atoms with Gasteiger partial charge >= 0.3 is 11.9 Å². The van der Waals surface area contributed by atoms with Crippen molar-refractivity contribution in [3.8, 4) is 11.5 Å². The minimum absolute atomic E-state index is 0.208. The van der Waals surface area contributed by atoms with Gasteiger partial charge in [-0.25, -0.2) is 0 Å². The zero-order chi connectivity index (χ0) is 22.7. The van der Waals surface area contributed by atoms with Crippen LogP contribution in [0.2, 0.25) is 0 Å². The first-order valence-corrected chi connectivity index (χ1v) is 13.3. The lowest BCUT2D eigenvalue weighted by Gasteiger charge is -2.12. The zero-order valence-corrected chi connectivity index (χ0v) is 21.3. The van der Waals surface area contributed by atoms with Crippen molar-refractivity contribution in [3.05, 3.63) is 58.7 Å². The van der Waals surface area contributed by atoms with Crippen LogP contribution in [0.3, 0.4) is 0 Å². The van der Waals surface area contributed by atoms with E-state index in [1.54, 1.807) is 0 Å². The SMILES string of the molecule is O=C1CC[C@@H]2[C@H](CCC(=O)Oc3ccc4c(c3)/C(=C3/CCc5ccc(cc53)O1)CC4)C2(Br)Br. The molecule has 0 spiro atoms. The summed E-state index contributed by atoms with van der Waals surface area (Å²) in [6.45, 7) is 0. The van der Waals surface area contributed by atoms with Crippen LogP contribution in [0.15, 0.2) is 36.4 Å². The van der Waals surface area contributed by atoms with Gasteiger partial charge in [-0.05, 0) is 108 Å². The van der Waals surface area contributed by atoms with Crippen molar-refractivity contribution in [1.82, 2.24) is 0 Å². The molecule has 6 heteroatoms. The number of esters is 2. The van der Waals surface area contributed by atoms with Crippen LogP contribution in [0, 0.1) is 11.8 Å². The number of allylic oxidation sites excluding steroid dienone is 2. The number of benzene rings is 2. The average molecular weight is 572 g/mol. The summed E-state index contributed by atoms with van der Waals surface area (Å²) in [6.07, 6.45) is 6.07. The molecule has 0 amide bonds. The van der Waals surface area contributed by atoms with E-state index in [1.807, 2.05) is 24.3 Å². The molecule has 2 aromatic carbocycles. The highest BCUT2D eigenvalue weighted by molar-refractivity contribution is 9.25. The summed E-state index contributed by atoms with van der Waals surface area (Å²) in [5.41, 5.74) is 7.63. The molecule has 2 atom stereocenters. The van der Waals surface area contributed by atoms with Gasteiger partial charge in [-0.15, -0.1) is 0 Å². The molecule has 2 aromatic rings. The molecule has 1 heterocycles. The number of aryl methyl sites for hydroxylation is 2. The molecule has 1 saturated carbocycles. The molecule has 0 radical (unpaired) electrons. The van der Waals surface area contributed by atoms with E-state index >= 15 is 0 Å². The normalized spacial score (nSPS) is 27.8. The van der Waals surface area contributed by atoms with Gasteiger partial charge in [0.25, 0.3) is 0 Å². The predicted molar refractivity (Wildman–Crippen MR) is 134 cm³/mol. The van der Waals surface area contributed by atoms with Gasteiger partial charge in [0.15, 0.2) is 0 Å². The summed E-state index contributed by atoms with van der Waals surface area (Å²) < 4.78 is 11.3. The van der Waals surface area contributed by atoms with Crippen LogP contribution < -0.4 is 9.47 Å². The minimum Gasteiger partial charge on any atom is -0.427 e. The Kier molecular flexibility index (Phi) is 5.29. The van der Waals surface area contributed by atoms with Crippen molar-refractivity contribution in [2.45, 2.75) is 54.6 Å². The van der Waals surface area contributed by atoms with E-state index in [1.165, 1.54) is 33.4 Å². The molecule has 4 bridgehead atoms. The average Bonchev–Trinajstić information content (AvgIpc) is 3.11. The molecule has 1 aliphatic heterocycles. The van der Waals surface area contributed by atoms with Gasteiger partial charge in [-0.2, -0.15) is 0 Å². The number of carbonyl (C=O) groups is 2. The highest BCUT2D eigenvalue weighted by atomic mass is 79.9. The summed E-state index contributed by atoms with van der Waals surface area (Å²) in [5.74, 6) is 1.37. The van der Waals surface area contributed by atoms with Gasteiger partial charge in [0.2, 0.25) is 0 Å². The van der Waals surface area contributed by atoms with Crippen LogP contribution in [-0.4, -0.2) is 15.2 Å². The summed E-state index contributed by atoms with van der Waals surface area (Å²) in [4.78, 5) is 25.2. The van der Waals surface area contributed by atoms with E-state index in [-0.39, 0.29) is 27.0 Å². The van der Waals surface area contributed by atoms with Crippen LogP contribution in [-0.2, 0) is 22.4 Å². The number of rotatable bonds is 0. The monoisotopic (exact) mass is 570 g/mol. The first kappa shape index (κ1) is 21.6. The topological polar surface area (TPSA) is 52.6 Å². The molecular formula is C27H24Br2O4. The smallest absolute Gasteiger partial charge is 0.311 e. The molecule has 4 nitrogen and oxygen atoms in total. The number of hydrogen-bond acceptors (Lipinski definition) is 4.